The van der Waals surface area contributed by atoms with Crippen LogP contribution < -0.4 is 18.9 Å². The predicted octanol–water partition coefficient (Wildman–Crippen LogP) is 8.26. The fraction of sp³-hybridized carbons (Fsp3) is 0.0385. The molecular weight excluding hydrogens is 530 g/mol. The lowest BCUT2D eigenvalue weighted by Crippen LogP contribution is -2.15. The minimum absolute atomic E-state index is 0.0909. The summed E-state index contributed by atoms with van der Waals surface area (Å²) in [4.78, 5) is 13.0. The SMILES string of the molecule is O=C(Nc1ccc(C(F)(F)F)cc1)c1cc(Cl)ccc1OP(=O)(Oc1ccccc1)Oc1ccccc1. The van der Waals surface area contributed by atoms with Crippen molar-refractivity contribution >= 4 is 31.0 Å². The third-order valence-electron chi connectivity index (χ3n) is 4.79. The quantitative estimate of drug-likeness (QED) is 0.225. The van der Waals surface area contributed by atoms with Crippen molar-refractivity contribution in [3.05, 3.63) is 119 Å². The molecule has 0 aliphatic carbocycles. The van der Waals surface area contributed by atoms with E-state index >= 15 is 0 Å². The number of amides is 1. The standard InChI is InChI=1S/C26H18ClF3NO5P/c27-19-13-16-24(23(17-19)25(32)31-20-14-11-18(12-15-20)26(28,29)30)36-37(33,34-21-7-3-1-4-8-21)35-22-9-5-2-6-10-22/h1-17H,(H,31,32). The van der Waals surface area contributed by atoms with Crippen LogP contribution in [-0.2, 0) is 10.7 Å². The van der Waals surface area contributed by atoms with E-state index in [1.165, 1.54) is 18.2 Å². The fourth-order valence-corrected chi connectivity index (χ4v) is 4.54. The van der Waals surface area contributed by atoms with Gasteiger partial charge in [-0.05, 0) is 66.7 Å². The van der Waals surface area contributed by atoms with E-state index in [1.54, 1.807) is 60.7 Å². The number of halogens is 4. The molecule has 4 aromatic rings. The Morgan fingerprint density at radius 1 is 0.757 bits per heavy atom. The number of benzene rings is 4. The number of nitrogens with one attached hydrogen (secondary N) is 1. The zero-order chi connectivity index (χ0) is 26.5. The van der Waals surface area contributed by atoms with Crippen molar-refractivity contribution in [2.24, 2.45) is 0 Å². The number of phosphoric acid groups is 1. The molecule has 6 nitrogen and oxygen atoms in total. The van der Waals surface area contributed by atoms with E-state index in [2.05, 4.69) is 5.32 Å². The largest absolute Gasteiger partial charge is 0.647 e. The highest BCUT2D eigenvalue weighted by Gasteiger charge is 2.35. The molecule has 0 aromatic heterocycles. The first kappa shape index (κ1) is 26.1. The van der Waals surface area contributed by atoms with Crippen molar-refractivity contribution in [3.63, 3.8) is 0 Å². The van der Waals surface area contributed by atoms with Gasteiger partial charge in [0.05, 0.1) is 11.1 Å². The molecule has 0 radical (unpaired) electrons. The van der Waals surface area contributed by atoms with E-state index in [0.717, 1.165) is 24.3 Å². The second-order valence-electron chi connectivity index (χ2n) is 7.52. The van der Waals surface area contributed by atoms with E-state index in [0.29, 0.717) is 0 Å². The van der Waals surface area contributed by atoms with Gasteiger partial charge in [-0.25, -0.2) is 0 Å². The number of hydrogen-bond donors (Lipinski definition) is 1. The summed E-state index contributed by atoms with van der Waals surface area (Å²) in [5, 5.41) is 2.63. The molecule has 37 heavy (non-hydrogen) atoms. The maximum absolute atomic E-state index is 13.7. The van der Waals surface area contributed by atoms with Crippen LogP contribution in [0.1, 0.15) is 15.9 Å². The van der Waals surface area contributed by atoms with Gasteiger partial charge in [0.1, 0.15) is 17.2 Å². The highest BCUT2D eigenvalue weighted by atomic mass is 35.5. The van der Waals surface area contributed by atoms with Gasteiger partial charge in [-0.3, -0.25) is 4.79 Å². The van der Waals surface area contributed by atoms with E-state index in [1.807, 2.05) is 0 Å². The van der Waals surface area contributed by atoms with Crippen molar-refractivity contribution < 1.29 is 36.1 Å². The highest BCUT2D eigenvalue weighted by Crippen LogP contribution is 2.50. The summed E-state index contributed by atoms with van der Waals surface area (Å²) in [6.07, 6.45) is -4.52. The lowest BCUT2D eigenvalue weighted by atomic mass is 10.1. The second kappa shape index (κ2) is 11.0. The van der Waals surface area contributed by atoms with Crippen LogP contribution in [0.4, 0.5) is 18.9 Å². The summed E-state index contributed by atoms with van der Waals surface area (Å²) >= 11 is 6.07. The number of phosphoric ester groups is 1. The number of para-hydroxylation sites is 2. The summed E-state index contributed by atoms with van der Waals surface area (Å²) in [6.45, 7) is 0. The third kappa shape index (κ3) is 7.06. The molecule has 0 aliphatic heterocycles. The Balaban J connectivity index is 1.63. The minimum Gasteiger partial charge on any atom is -0.386 e. The Bertz CT molecular complexity index is 1370. The topological polar surface area (TPSA) is 73.9 Å². The van der Waals surface area contributed by atoms with Gasteiger partial charge in [0, 0.05) is 10.7 Å². The lowest BCUT2D eigenvalue weighted by molar-refractivity contribution is -0.137. The summed E-state index contributed by atoms with van der Waals surface area (Å²) in [6, 6.07) is 24.1. The van der Waals surface area contributed by atoms with Gasteiger partial charge in [0.25, 0.3) is 5.91 Å². The van der Waals surface area contributed by atoms with E-state index in [4.69, 9.17) is 25.2 Å². The van der Waals surface area contributed by atoms with Crippen LogP contribution >= 0.6 is 19.4 Å². The van der Waals surface area contributed by atoms with Gasteiger partial charge in [-0.1, -0.05) is 48.0 Å². The predicted molar refractivity (Wildman–Crippen MR) is 133 cm³/mol. The van der Waals surface area contributed by atoms with E-state index in [-0.39, 0.29) is 33.5 Å². The van der Waals surface area contributed by atoms with Crippen molar-refractivity contribution in [2.75, 3.05) is 5.32 Å². The fourth-order valence-electron chi connectivity index (χ4n) is 3.10. The number of anilines is 1. The number of alkyl halides is 3. The van der Waals surface area contributed by atoms with E-state index < -0.39 is 25.5 Å². The smallest absolute Gasteiger partial charge is 0.386 e. The van der Waals surface area contributed by atoms with Crippen LogP contribution in [0.3, 0.4) is 0 Å². The Labute approximate surface area is 215 Å². The monoisotopic (exact) mass is 547 g/mol. The van der Waals surface area contributed by atoms with Crippen molar-refractivity contribution in [2.45, 2.75) is 6.18 Å². The van der Waals surface area contributed by atoms with Gasteiger partial charge in [-0.2, -0.15) is 17.7 Å². The van der Waals surface area contributed by atoms with Crippen LogP contribution in [0.2, 0.25) is 5.02 Å². The Morgan fingerprint density at radius 3 is 1.81 bits per heavy atom. The first-order valence-corrected chi connectivity index (χ1v) is 12.5. The van der Waals surface area contributed by atoms with Gasteiger partial charge in [-0.15, -0.1) is 0 Å². The Morgan fingerprint density at radius 2 is 1.30 bits per heavy atom. The Kier molecular flexibility index (Phi) is 7.76. The molecule has 190 valence electrons. The molecule has 4 rings (SSSR count). The highest BCUT2D eigenvalue weighted by molar-refractivity contribution is 7.49. The van der Waals surface area contributed by atoms with Crippen LogP contribution in [-0.4, -0.2) is 5.91 Å². The summed E-state index contributed by atoms with van der Waals surface area (Å²) < 4.78 is 69.1. The van der Waals surface area contributed by atoms with Crippen molar-refractivity contribution in [3.8, 4) is 17.2 Å². The summed E-state index contributed by atoms with van der Waals surface area (Å²) in [5.41, 5.74) is -0.927. The summed E-state index contributed by atoms with van der Waals surface area (Å²) in [5.74, 6) is -0.592. The number of hydrogen-bond acceptors (Lipinski definition) is 5. The van der Waals surface area contributed by atoms with Crippen LogP contribution in [0.25, 0.3) is 0 Å². The molecular formula is C26H18ClF3NO5P. The first-order valence-electron chi connectivity index (χ1n) is 10.7. The first-order chi connectivity index (χ1) is 17.6. The zero-order valence-electron chi connectivity index (χ0n) is 18.8. The van der Waals surface area contributed by atoms with Crippen molar-refractivity contribution in [1.29, 1.82) is 0 Å². The molecule has 0 bridgehead atoms. The number of rotatable bonds is 8. The zero-order valence-corrected chi connectivity index (χ0v) is 20.5. The average molecular weight is 548 g/mol. The Hall–Kier alpha value is -3.94. The average Bonchev–Trinajstić information content (AvgIpc) is 2.86. The molecule has 0 aliphatic rings. The third-order valence-corrected chi connectivity index (χ3v) is 6.31. The van der Waals surface area contributed by atoms with Gasteiger partial charge in [0.15, 0.2) is 0 Å². The molecule has 4 aromatic carbocycles. The molecule has 11 heteroatoms. The molecule has 0 heterocycles. The van der Waals surface area contributed by atoms with Crippen LogP contribution in [0.15, 0.2) is 103 Å². The van der Waals surface area contributed by atoms with Gasteiger partial charge < -0.3 is 18.9 Å². The molecule has 0 spiro atoms. The molecule has 0 atom stereocenters. The molecule has 0 unspecified atom stereocenters. The molecule has 0 fully saturated rings. The number of carbonyl (C=O) groups excluding carboxylic acids is 1. The number of carbonyl (C=O) groups is 1. The second-order valence-corrected chi connectivity index (χ2v) is 9.40. The van der Waals surface area contributed by atoms with Crippen LogP contribution in [0.5, 0.6) is 17.2 Å². The van der Waals surface area contributed by atoms with Crippen LogP contribution in [0, 0.1) is 0 Å². The molecule has 0 saturated carbocycles. The normalized spacial score (nSPS) is 11.5. The summed E-state index contributed by atoms with van der Waals surface area (Å²) in [7, 11) is -4.42. The lowest BCUT2D eigenvalue weighted by Gasteiger charge is -2.21. The van der Waals surface area contributed by atoms with E-state index in [9.17, 15) is 22.5 Å². The molecule has 1 N–H and O–H groups in total. The molecule has 1 amide bonds. The molecule has 0 saturated heterocycles. The maximum atomic E-state index is 13.7. The van der Waals surface area contributed by atoms with Crippen molar-refractivity contribution in [1.82, 2.24) is 0 Å². The maximum Gasteiger partial charge on any atom is 0.647 e. The minimum atomic E-state index is -4.52. The van der Waals surface area contributed by atoms with Gasteiger partial charge in [0.2, 0.25) is 0 Å². The van der Waals surface area contributed by atoms with Gasteiger partial charge >= 0.3 is 14.0 Å².